The topological polar surface area (TPSA) is 3.24 Å². The number of nitrogens with zero attached hydrogens (tertiary/aromatic N) is 1. The average Bonchev–Trinajstić information content (AvgIpc) is 2.70. The van der Waals surface area contributed by atoms with E-state index >= 15 is 0 Å². The normalized spacial score (nSPS) is 11.7. The fourth-order valence-corrected chi connectivity index (χ4v) is 3.75. The van der Waals surface area contributed by atoms with E-state index in [-0.39, 0.29) is 0 Å². The van der Waals surface area contributed by atoms with Crippen LogP contribution in [0.15, 0.2) is 42.5 Å². The van der Waals surface area contributed by atoms with Crippen LogP contribution >= 0.6 is 0 Å². The summed E-state index contributed by atoms with van der Waals surface area (Å²) in [4.78, 5) is 2.29. The minimum atomic E-state index is 1.25. The summed E-state index contributed by atoms with van der Waals surface area (Å²) in [5, 5.41) is 0. The van der Waals surface area contributed by atoms with Crippen molar-refractivity contribution in [1.29, 1.82) is 0 Å². The first-order valence-corrected chi connectivity index (χ1v) is 12.1. The van der Waals surface area contributed by atoms with Crippen LogP contribution in [-0.2, 0) is 6.42 Å². The van der Waals surface area contributed by atoms with Crippen molar-refractivity contribution in [1.82, 2.24) is 4.90 Å². The van der Waals surface area contributed by atoms with Crippen molar-refractivity contribution < 1.29 is 0 Å². The van der Waals surface area contributed by atoms with Crippen LogP contribution in [0, 0.1) is 0 Å². The molecule has 0 aromatic heterocycles. The zero-order chi connectivity index (χ0) is 20.1. The molecule has 1 heteroatoms. The van der Waals surface area contributed by atoms with Crippen molar-refractivity contribution in [2.24, 2.45) is 0 Å². The Morgan fingerprint density at radius 1 is 0.571 bits per heavy atom. The molecule has 1 nitrogen and oxygen atoms in total. The van der Waals surface area contributed by atoms with Gasteiger partial charge in [-0.1, -0.05) is 100 Å². The predicted molar refractivity (Wildman–Crippen MR) is 127 cm³/mol. The van der Waals surface area contributed by atoms with Gasteiger partial charge in [0.15, 0.2) is 0 Å². The van der Waals surface area contributed by atoms with E-state index in [9.17, 15) is 0 Å². The van der Waals surface area contributed by atoms with E-state index < -0.39 is 0 Å². The van der Waals surface area contributed by atoms with E-state index in [1.807, 2.05) is 0 Å². The summed E-state index contributed by atoms with van der Waals surface area (Å²) in [6.07, 6.45) is 26.9. The molecular formula is C27H47N. The maximum absolute atomic E-state index is 2.43. The predicted octanol–water partition coefficient (Wildman–Crippen LogP) is 8.20. The molecule has 0 spiro atoms. The maximum Gasteiger partial charge on any atom is -0.00248 e. The van der Waals surface area contributed by atoms with Gasteiger partial charge in [-0.05, 0) is 71.1 Å². The number of aryl methyl sites for hydroxylation is 1. The fraction of sp³-hybridized carbons (Fsp3) is 0.704. The Kier molecular flexibility index (Phi) is 17.2. The highest BCUT2D eigenvalue weighted by atomic mass is 15.0. The Balaban J connectivity index is 1.73. The maximum atomic E-state index is 2.43. The first kappa shape index (κ1) is 25.0. The third kappa shape index (κ3) is 17.0. The third-order valence-electron chi connectivity index (χ3n) is 5.57. The van der Waals surface area contributed by atoms with Crippen LogP contribution in [-0.4, -0.2) is 25.5 Å². The van der Waals surface area contributed by atoms with E-state index in [0.29, 0.717) is 0 Å². The van der Waals surface area contributed by atoms with Crippen LogP contribution in [0.4, 0.5) is 0 Å². The zero-order valence-electron chi connectivity index (χ0n) is 19.0. The van der Waals surface area contributed by atoms with Gasteiger partial charge in [0.2, 0.25) is 0 Å². The molecule has 0 amide bonds. The first-order chi connectivity index (χ1) is 13.8. The Labute approximate surface area is 176 Å². The van der Waals surface area contributed by atoms with Gasteiger partial charge in [0.05, 0.1) is 0 Å². The van der Waals surface area contributed by atoms with E-state index in [4.69, 9.17) is 0 Å². The molecule has 0 bridgehead atoms. The number of unbranched alkanes of at least 4 members (excludes halogenated alkanes) is 13. The van der Waals surface area contributed by atoms with Crippen molar-refractivity contribution in [3.05, 3.63) is 48.0 Å². The minimum absolute atomic E-state index is 1.25. The molecule has 1 aromatic carbocycles. The van der Waals surface area contributed by atoms with Crippen molar-refractivity contribution in [3.63, 3.8) is 0 Å². The molecule has 1 aromatic rings. The van der Waals surface area contributed by atoms with Gasteiger partial charge in [0.1, 0.15) is 0 Å². The molecule has 28 heavy (non-hydrogen) atoms. The lowest BCUT2D eigenvalue weighted by Gasteiger charge is -2.08. The lowest BCUT2D eigenvalue weighted by molar-refractivity contribution is 0.389. The number of benzene rings is 1. The number of rotatable bonds is 19. The standard InChI is InChI=1S/C27H47N/c1-28(2)26-22-17-15-13-11-9-7-5-3-4-6-8-10-12-14-16-19-23-27-24-20-18-21-25-27/h3,5,18,20-21,24-25H,4,6-17,19,22-23,26H2,1-2H3/b5-3-. The molecular weight excluding hydrogens is 338 g/mol. The molecule has 0 N–H and O–H groups in total. The summed E-state index contributed by atoms with van der Waals surface area (Å²) in [5.41, 5.74) is 1.49. The monoisotopic (exact) mass is 385 g/mol. The van der Waals surface area contributed by atoms with Crippen LogP contribution in [0.2, 0.25) is 0 Å². The summed E-state index contributed by atoms with van der Waals surface area (Å²) in [6.45, 7) is 1.25. The lowest BCUT2D eigenvalue weighted by atomic mass is 10.0. The van der Waals surface area contributed by atoms with Crippen molar-refractivity contribution in [3.8, 4) is 0 Å². The molecule has 0 saturated heterocycles. The third-order valence-corrected chi connectivity index (χ3v) is 5.57. The number of hydrogen-bond acceptors (Lipinski definition) is 1. The molecule has 0 heterocycles. The van der Waals surface area contributed by atoms with Crippen molar-refractivity contribution in [2.45, 2.75) is 103 Å². The molecule has 1 rings (SSSR count). The lowest BCUT2D eigenvalue weighted by Crippen LogP contribution is -2.12. The molecule has 0 atom stereocenters. The van der Waals surface area contributed by atoms with Gasteiger partial charge in [0.25, 0.3) is 0 Å². The fourth-order valence-electron chi connectivity index (χ4n) is 3.75. The number of hydrogen-bond donors (Lipinski definition) is 0. The summed E-state index contributed by atoms with van der Waals surface area (Å²) < 4.78 is 0. The van der Waals surface area contributed by atoms with Gasteiger partial charge in [0, 0.05) is 0 Å². The Morgan fingerprint density at radius 2 is 1.04 bits per heavy atom. The van der Waals surface area contributed by atoms with E-state index in [2.05, 4.69) is 61.5 Å². The van der Waals surface area contributed by atoms with Gasteiger partial charge in [-0.25, -0.2) is 0 Å². The van der Waals surface area contributed by atoms with Crippen LogP contribution in [0.3, 0.4) is 0 Å². The molecule has 0 aliphatic carbocycles. The van der Waals surface area contributed by atoms with Crippen LogP contribution in [0.1, 0.15) is 102 Å². The number of allylic oxidation sites excluding steroid dienone is 2. The molecule has 0 aliphatic heterocycles. The summed E-state index contributed by atoms with van der Waals surface area (Å²) >= 11 is 0. The van der Waals surface area contributed by atoms with E-state index in [0.717, 1.165) is 0 Å². The molecule has 0 radical (unpaired) electrons. The second-order valence-electron chi connectivity index (χ2n) is 8.68. The Morgan fingerprint density at radius 3 is 1.57 bits per heavy atom. The quantitative estimate of drug-likeness (QED) is 0.171. The first-order valence-electron chi connectivity index (χ1n) is 12.1. The largest absolute Gasteiger partial charge is 0.309 e. The molecule has 0 unspecified atom stereocenters. The highest BCUT2D eigenvalue weighted by Gasteiger charge is 1.94. The van der Waals surface area contributed by atoms with Gasteiger partial charge in [-0.3, -0.25) is 0 Å². The smallest absolute Gasteiger partial charge is 0.00248 e. The van der Waals surface area contributed by atoms with Crippen LogP contribution in [0.5, 0.6) is 0 Å². The van der Waals surface area contributed by atoms with Gasteiger partial charge < -0.3 is 4.90 Å². The molecule has 160 valence electrons. The van der Waals surface area contributed by atoms with Crippen LogP contribution < -0.4 is 0 Å². The van der Waals surface area contributed by atoms with Gasteiger partial charge in [-0.2, -0.15) is 0 Å². The minimum Gasteiger partial charge on any atom is -0.309 e. The highest BCUT2D eigenvalue weighted by Crippen LogP contribution is 2.12. The zero-order valence-corrected chi connectivity index (χ0v) is 19.0. The Bertz CT molecular complexity index is 449. The van der Waals surface area contributed by atoms with E-state index in [1.54, 1.807) is 0 Å². The molecule has 0 saturated carbocycles. The van der Waals surface area contributed by atoms with Gasteiger partial charge in [-0.15, -0.1) is 0 Å². The van der Waals surface area contributed by atoms with Crippen molar-refractivity contribution >= 4 is 0 Å². The summed E-state index contributed by atoms with van der Waals surface area (Å²) in [6, 6.07) is 10.9. The second-order valence-corrected chi connectivity index (χ2v) is 8.68. The average molecular weight is 386 g/mol. The molecule has 0 fully saturated rings. The Hall–Kier alpha value is -1.08. The van der Waals surface area contributed by atoms with E-state index in [1.165, 1.54) is 115 Å². The second kappa shape index (κ2) is 19.2. The summed E-state index contributed by atoms with van der Waals surface area (Å²) in [7, 11) is 4.33. The van der Waals surface area contributed by atoms with Crippen molar-refractivity contribution in [2.75, 3.05) is 20.6 Å². The SMILES string of the molecule is CN(C)CCCCCCCC/C=C\CCCCCCCCCc1ccccc1. The van der Waals surface area contributed by atoms with Crippen LogP contribution in [0.25, 0.3) is 0 Å². The summed E-state index contributed by atoms with van der Waals surface area (Å²) in [5.74, 6) is 0. The highest BCUT2D eigenvalue weighted by molar-refractivity contribution is 5.14. The van der Waals surface area contributed by atoms with Gasteiger partial charge >= 0.3 is 0 Å². The molecule has 0 aliphatic rings.